The smallest absolute Gasteiger partial charge is 0.232 e. The Hall–Kier alpha value is -1.02. The summed E-state index contributed by atoms with van der Waals surface area (Å²) in [4.78, 5) is 13.8. The lowest BCUT2D eigenvalue weighted by Crippen LogP contribution is -2.36. The summed E-state index contributed by atoms with van der Waals surface area (Å²) in [6.07, 6.45) is 1.12. The summed E-state index contributed by atoms with van der Waals surface area (Å²) in [6.45, 7) is 1.24. The van der Waals surface area contributed by atoms with Crippen LogP contribution in [0.2, 0.25) is 10.0 Å². The number of rotatable bonds is 8. The van der Waals surface area contributed by atoms with Crippen LogP contribution in [0.25, 0.3) is 0 Å². The maximum atomic E-state index is 12.0. The number of sulfonamides is 1. The molecule has 0 saturated carbocycles. The molecule has 130 valence electrons. The molecule has 0 spiro atoms. The van der Waals surface area contributed by atoms with Crippen molar-refractivity contribution >= 4 is 44.8 Å². The highest BCUT2D eigenvalue weighted by atomic mass is 35.5. The molecule has 6 nitrogen and oxygen atoms in total. The fraction of sp³-hybridized carbons (Fsp3) is 0.500. The molecule has 1 rings (SSSR count). The number of anilines is 1. The molecule has 0 fully saturated rings. The lowest BCUT2D eigenvalue weighted by molar-refractivity contribution is -0.120. The topological polar surface area (TPSA) is 69.7 Å². The number of likely N-dealkylation sites (N-methyl/N-ethyl adjacent to an activating group) is 1. The van der Waals surface area contributed by atoms with Crippen molar-refractivity contribution in [3.63, 3.8) is 0 Å². The first kappa shape index (κ1) is 20.0. The van der Waals surface area contributed by atoms with Crippen LogP contribution in [0.4, 0.5) is 5.69 Å². The highest BCUT2D eigenvalue weighted by Gasteiger charge is 2.19. The molecule has 0 saturated heterocycles. The first-order chi connectivity index (χ1) is 10.6. The van der Waals surface area contributed by atoms with Crippen LogP contribution in [-0.2, 0) is 14.8 Å². The standard InChI is InChI=1S/C14H21Cl2N3O3S/c1-18(2)7-5-17-14(20)4-6-19(23(3,21)22)13-9-11(15)8-12(16)10-13/h8-10H,4-7H2,1-3H3,(H,17,20). The minimum absolute atomic E-state index is 0.0172. The van der Waals surface area contributed by atoms with Gasteiger partial charge in [0.15, 0.2) is 0 Å². The van der Waals surface area contributed by atoms with Crippen LogP contribution in [0.15, 0.2) is 18.2 Å². The molecule has 0 heterocycles. The molecule has 0 aromatic heterocycles. The monoisotopic (exact) mass is 381 g/mol. The van der Waals surface area contributed by atoms with Gasteiger partial charge in [-0.1, -0.05) is 23.2 Å². The quantitative estimate of drug-likeness (QED) is 0.745. The van der Waals surface area contributed by atoms with Gasteiger partial charge >= 0.3 is 0 Å². The second-order valence-corrected chi connectivity index (χ2v) is 8.15. The third kappa shape index (κ3) is 7.39. The number of benzene rings is 1. The predicted octanol–water partition coefficient (Wildman–Crippen LogP) is 1.83. The summed E-state index contributed by atoms with van der Waals surface area (Å²) < 4.78 is 25.1. The van der Waals surface area contributed by atoms with E-state index in [9.17, 15) is 13.2 Å². The van der Waals surface area contributed by atoms with Gasteiger partial charge in [0.05, 0.1) is 11.9 Å². The third-order valence-corrected chi connectivity index (χ3v) is 4.59. The number of nitrogens with one attached hydrogen (secondary N) is 1. The van der Waals surface area contributed by atoms with E-state index in [1.54, 1.807) is 0 Å². The van der Waals surface area contributed by atoms with Gasteiger partial charge in [0.2, 0.25) is 15.9 Å². The fourth-order valence-corrected chi connectivity index (χ4v) is 3.31. The Kier molecular flexibility index (Phi) is 7.60. The molecule has 0 atom stereocenters. The van der Waals surface area contributed by atoms with Crippen LogP contribution in [0.5, 0.6) is 0 Å². The zero-order chi connectivity index (χ0) is 17.6. The van der Waals surface area contributed by atoms with Crippen molar-refractivity contribution in [2.45, 2.75) is 6.42 Å². The summed E-state index contributed by atoms with van der Waals surface area (Å²) in [5.74, 6) is -0.214. The second kappa shape index (κ2) is 8.73. The van der Waals surface area contributed by atoms with Gasteiger partial charge in [-0.25, -0.2) is 8.42 Å². The number of amides is 1. The van der Waals surface area contributed by atoms with Crippen molar-refractivity contribution < 1.29 is 13.2 Å². The summed E-state index contributed by atoms with van der Waals surface area (Å²) in [5.41, 5.74) is 0.339. The van der Waals surface area contributed by atoms with E-state index in [2.05, 4.69) is 5.32 Å². The zero-order valence-electron chi connectivity index (χ0n) is 13.3. The molecule has 1 N–H and O–H groups in total. The fourth-order valence-electron chi connectivity index (χ4n) is 1.88. The molecule has 1 aromatic rings. The van der Waals surface area contributed by atoms with E-state index >= 15 is 0 Å². The summed E-state index contributed by atoms with van der Waals surface area (Å²) in [6, 6.07) is 4.51. The molecule has 0 radical (unpaired) electrons. The SMILES string of the molecule is CN(C)CCNC(=O)CCN(c1cc(Cl)cc(Cl)c1)S(C)(=O)=O. The van der Waals surface area contributed by atoms with Gasteiger partial charge in [0, 0.05) is 36.1 Å². The van der Waals surface area contributed by atoms with Gasteiger partial charge in [-0.3, -0.25) is 9.10 Å². The molecule has 0 aliphatic rings. The Morgan fingerprint density at radius 2 is 1.70 bits per heavy atom. The first-order valence-electron chi connectivity index (χ1n) is 6.95. The minimum Gasteiger partial charge on any atom is -0.355 e. The maximum Gasteiger partial charge on any atom is 0.232 e. The van der Waals surface area contributed by atoms with E-state index in [0.29, 0.717) is 28.8 Å². The Labute approximate surface area is 147 Å². The maximum absolute atomic E-state index is 12.0. The van der Waals surface area contributed by atoms with Crippen LogP contribution in [0.1, 0.15) is 6.42 Å². The van der Waals surface area contributed by atoms with Gasteiger partial charge < -0.3 is 10.2 Å². The van der Waals surface area contributed by atoms with Gasteiger partial charge in [0.1, 0.15) is 0 Å². The van der Waals surface area contributed by atoms with Crippen molar-refractivity contribution in [2.24, 2.45) is 0 Å². The molecule has 0 aliphatic heterocycles. The molecule has 1 aromatic carbocycles. The van der Waals surface area contributed by atoms with E-state index < -0.39 is 10.0 Å². The van der Waals surface area contributed by atoms with Gasteiger partial charge in [-0.2, -0.15) is 0 Å². The number of carbonyl (C=O) groups is 1. The average molecular weight is 382 g/mol. The van der Waals surface area contributed by atoms with Gasteiger partial charge in [0.25, 0.3) is 0 Å². The van der Waals surface area contributed by atoms with E-state index in [0.717, 1.165) is 10.6 Å². The van der Waals surface area contributed by atoms with E-state index in [4.69, 9.17) is 23.2 Å². The number of nitrogens with zero attached hydrogens (tertiary/aromatic N) is 2. The highest BCUT2D eigenvalue weighted by molar-refractivity contribution is 7.92. The van der Waals surface area contributed by atoms with E-state index in [1.807, 2.05) is 19.0 Å². The lowest BCUT2D eigenvalue weighted by atomic mass is 10.3. The zero-order valence-corrected chi connectivity index (χ0v) is 15.7. The Bertz CT molecular complexity index is 630. The van der Waals surface area contributed by atoms with Crippen molar-refractivity contribution in [2.75, 3.05) is 44.3 Å². The Balaban J connectivity index is 2.76. The molecule has 9 heteroatoms. The molecule has 0 aliphatic carbocycles. The van der Waals surface area contributed by atoms with Crippen molar-refractivity contribution in [1.29, 1.82) is 0 Å². The Morgan fingerprint density at radius 1 is 1.13 bits per heavy atom. The predicted molar refractivity (Wildman–Crippen MR) is 94.8 cm³/mol. The third-order valence-electron chi connectivity index (χ3n) is 2.96. The van der Waals surface area contributed by atoms with Crippen molar-refractivity contribution in [1.82, 2.24) is 10.2 Å². The van der Waals surface area contributed by atoms with Crippen LogP contribution >= 0.6 is 23.2 Å². The number of hydrogen-bond donors (Lipinski definition) is 1. The second-order valence-electron chi connectivity index (χ2n) is 5.37. The van der Waals surface area contributed by atoms with Crippen LogP contribution in [-0.4, -0.2) is 59.2 Å². The Morgan fingerprint density at radius 3 is 2.17 bits per heavy atom. The highest BCUT2D eigenvalue weighted by Crippen LogP contribution is 2.27. The normalized spacial score (nSPS) is 11.6. The number of halogens is 2. The van der Waals surface area contributed by atoms with Crippen molar-refractivity contribution in [3.8, 4) is 0 Å². The largest absolute Gasteiger partial charge is 0.355 e. The minimum atomic E-state index is -3.55. The van der Waals surface area contributed by atoms with Gasteiger partial charge in [-0.05, 0) is 32.3 Å². The van der Waals surface area contributed by atoms with E-state index in [-0.39, 0.29) is 18.9 Å². The molecular weight excluding hydrogens is 361 g/mol. The lowest BCUT2D eigenvalue weighted by Gasteiger charge is -2.22. The average Bonchev–Trinajstić information content (AvgIpc) is 2.35. The van der Waals surface area contributed by atoms with E-state index in [1.165, 1.54) is 18.2 Å². The molecule has 1 amide bonds. The first-order valence-corrected chi connectivity index (χ1v) is 9.55. The molecule has 0 bridgehead atoms. The molecule has 0 unspecified atom stereocenters. The van der Waals surface area contributed by atoms with Gasteiger partial charge in [-0.15, -0.1) is 0 Å². The number of hydrogen-bond acceptors (Lipinski definition) is 4. The molecular formula is C14H21Cl2N3O3S. The molecule has 23 heavy (non-hydrogen) atoms. The summed E-state index contributed by atoms with van der Waals surface area (Å²) in [5, 5.41) is 3.40. The van der Waals surface area contributed by atoms with Crippen LogP contribution in [0, 0.1) is 0 Å². The van der Waals surface area contributed by atoms with Crippen LogP contribution in [0.3, 0.4) is 0 Å². The number of carbonyl (C=O) groups excluding carboxylic acids is 1. The van der Waals surface area contributed by atoms with Crippen molar-refractivity contribution in [3.05, 3.63) is 28.2 Å². The summed E-state index contributed by atoms with van der Waals surface area (Å²) >= 11 is 11.8. The van der Waals surface area contributed by atoms with Crippen LogP contribution < -0.4 is 9.62 Å². The summed E-state index contributed by atoms with van der Waals surface area (Å²) in [7, 11) is 0.253.